The van der Waals surface area contributed by atoms with Gasteiger partial charge in [0.1, 0.15) is 0 Å². The predicted octanol–water partition coefficient (Wildman–Crippen LogP) is 2.97. The van der Waals surface area contributed by atoms with E-state index in [2.05, 4.69) is 33.0 Å². The molecule has 0 radical (unpaired) electrons. The van der Waals surface area contributed by atoms with E-state index < -0.39 is 0 Å². The van der Waals surface area contributed by atoms with Gasteiger partial charge in [-0.05, 0) is 38.6 Å². The first-order chi connectivity index (χ1) is 7.14. The van der Waals surface area contributed by atoms with Crippen LogP contribution in [0.5, 0.6) is 0 Å². The Kier molecular flexibility index (Phi) is 5.07. The Morgan fingerprint density at radius 2 is 2.13 bits per heavy atom. The Bertz CT molecular complexity index is 175. The fourth-order valence-electron chi connectivity index (χ4n) is 2.60. The third-order valence-corrected chi connectivity index (χ3v) is 3.73. The lowest BCUT2D eigenvalue weighted by atomic mass is 9.83. The van der Waals surface area contributed by atoms with E-state index in [0.717, 1.165) is 13.2 Å². The van der Waals surface area contributed by atoms with Gasteiger partial charge in [0.15, 0.2) is 0 Å². The van der Waals surface area contributed by atoms with Gasteiger partial charge in [-0.15, -0.1) is 0 Å². The van der Waals surface area contributed by atoms with Gasteiger partial charge in [0.2, 0.25) is 0 Å². The molecule has 0 spiro atoms. The van der Waals surface area contributed by atoms with Gasteiger partial charge in [-0.2, -0.15) is 0 Å². The highest BCUT2D eigenvalue weighted by Crippen LogP contribution is 2.32. The molecule has 0 aromatic carbocycles. The van der Waals surface area contributed by atoms with Gasteiger partial charge in [-0.3, -0.25) is 0 Å². The number of hydrogen-bond donors (Lipinski definition) is 1. The van der Waals surface area contributed by atoms with Crippen LogP contribution >= 0.6 is 0 Å². The van der Waals surface area contributed by atoms with Gasteiger partial charge < -0.3 is 10.1 Å². The topological polar surface area (TPSA) is 21.3 Å². The molecular weight excluding hydrogens is 186 g/mol. The number of rotatable bonds is 6. The Labute approximate surface area is 94.8 Å². The van der Waals surface area contributed by atoms with Gasteiger partial charge in [-0.25, -0.2) is 0 Å². The summed E-state index contributed by atoms with van der Waals surface area (Å²) in [6.45, 7) is 11.1. The summed E-state index contributed by atoms with van der Waals surface area (Å²) in [6, 6.07) is 0.518. The van der Waals surface area contributed by atoms with Crippen molar-refractivity contribution in [2.75, 3.05) is 13.2 Å². The Balaban J connectivity index is 2.61. The summed E-state index contributed by atoms with van der Waals surface area (Å²) in [5.74, 6) is 0.694. The third kappa shape index (κ3) is 3.18. The summed E-state index contributed by atoms with van der Waals surface area (Å²) in [4.78, 5) is 0. The van der Waals surface area contributed by atoms with E-state index in [1.165, 1.54) is 25.7 Å². The third-order valence-electron chi connectivity index (χ3n) is 3.73. The molecule has 1 aliphatic rings. The maximum Gasteiger partial charge on any atom is 0.0810 e. The van der Waals surface area contributed by atoms with Gasteiger partial charge in [0, 0.05) is 12.6 Å². The minimum Gasteiger partial charge on any atom is -0.374 e. The summed E-state index contributed by atoms with van der Waals surface area (Å²) in [7, 11) is 0. The average molecular weight is 213 g/mol. The lowest BCUT2D eigenvalue weighted by molar-refractivity contribution is -0.0269. The predicted molar refractivity (Wildman–Crippen MR) is 65.1 cm³/mol. The van der Waals surface area contributed by atoms with Crippen LogP contribution in [-0.4, -0.2) is 24.8 Å². The molecule has 2 heteroatoms. The highest BCUT2D eigenvalue weighted by Gasteiger charge is 2.40. The average Bonchev–Trinajstić information content (AvgIpc) is 2.66. The molecule has 1 aliphatic heterocycles. The van der Waals surface area contributed by atoms with Crippen molar-refractivity contribution >= 4 is 0 Å². The quantitative estimate of drug-likeness (QED) is 0.732. The second-order valence-electron chi connectivity index (χ2n) is 5.08. The normalized spacial score (nSPS) is 30.4. The van der Waals surface area contributed by atoms with Gasteiger partial charge in [-0.1, -0.05) is 27.2 Å². The zero-order valence-electron chi connectivity index (χ0n) is 10.8. The minimum atomic E-state index is 0.0740. The van der Waals surface area contributed by atoms with Crippen LogP contribution in [0.25, 0.3) is 0 Å². The van der Waals surface area contributed by atoms with E-state index in [1.54, 1.807) is 0 Å². The molecule has 0 aliphatic carbocycles. The standard InChI is InChI=1S/C13H27NO/c1-5-9-14-12(11(3)6-2)13(4)8-7-10-15-13/h11-12,14H,5-10H2,1-4H3. The van der Waals surface area contributed by atoms with Crippen molar-refractivity contribution in [2.24, 2.45) is 5.92 Å². The molecule has 1 fully saturated rings. The molecule has 0 bridgehead atoms. The fourth-order valence-corrected chi connectivity index (χ4v) is 2.60. The van der Waals surface area contributed by atoms with Crippen molar-refractivity contribution in [3.05, 3.63) is 0 Å². The zero-order valence-corrected chi connectivity index (χ0v) is 10.8. The van der Waals surface area contributed by atoms with Crippen molar-refractivity contribution in [3.63, 3.8) is 0 Å². The Morgan fingerprint density at radius 1 is 1.40 bits per heavy atom. The molecule has 3 atom stereocenters. The first-order valence-electron chi connectivity index (χ1n) is 6.51. The van der Waals surface area contributed by atoms with Crippen molar-refractivity contribution in [1.29, 1.82) is 0 Å². The maximum atomic E-state index is 5.96. The smallest absolute Gasteiger partial charge is 0.0810 e. The minimum absolute atomic E-state index is 0.0740. The molecule has 1 rings (SSSR count). The van der Waals surface area contributed by atoms with Crippen LogP contribution in [0.3, 0.4) is 0 Å². The highest BCUT2D eigenvalue weighted by atomic mass is 16.5. The van der Waals surface area contributed by atoms with Crippen LogP contribution in [0.1, 0.15) is 53.4 Å². The zero-order chi connectivity index (χ0) is 11.3. The molecule has 1 heterocycles. The van der Waals surface area contributed by atoms with Crippen molar-refractivity contribution in [3.8, 4) is 0 Å². The summed E-state index contributed by atoms with van der Waals surface area (Å²) in [5.41, 5.74) is 0.0740. The van der Waals surface area contributed by atoms with Crippen LogP contribution in [0.2, 0.25) is 0 Å². The van der Waals surface area contributed by atoms with Crippen LogP contribution in [0, 0.1) is 5.92 Å². The van der Waals surface area contributed by atoms with Crippen LogP contribution in [-0.2, 0) is 4.74 Å². The molecule has 2 nitrogen and oxygen atoms in total. The summed E-state index contributed by atoms with van der Waals surface area (Å²) in [5, 5.41) is 3.68. The molecule has 15 heavy (non-hydrogen) atoms. The molecule has 1 N–H and O–H groups in total. The van der Waals surface area contributed by atoms with E-state index in [-0.39, 0.29) is 5.60 Å². The number of nitrogens with one attached hydrogen (secondary N) is 1. The van der Waals surface area contributed by atoms with Crippen molar-refractivity contribution < 1.29 is 4.74 Å². The molecule has 0 saturated carbocycles. The summed E-state index contributed by atoms with van der Waals surface area (Å²) in [6.07, 6.45) is 4.85. The van der Waals surface area contributed by atoms with E-state index in [9.17, 15) is 0 Å². The van der Waals surface area contributed by atoms with E-state index in [0.29, 0.717) is 12.0 Å². The summed E-state index contributed by atoms with van der Waals surface area (Å²) < 4.78 is 5.96. The van der Waals surface area contributed by atoms with Crippen LogP contribution < -0.4 is 5.32 Å². The molecule has 0 amide bonds. The number of hydrogen-bond acceptors (Lipinski definition) is 2. The summed E-state index contributed by atoms with van der Waals surface area (Å²) >= 11 is 0. The lowest BCUT2D eigenvalue weighted by Crippen LogP contribution is -2.52. The first kappa shape index (κ1) is 13.0. The van der Waals surface area contributed by atoms with Crippen molar-refractivity contribution in [2.45, 2.75) is 65.0 Å². The molecule has 90 valence electrons. The molecule has 3 unspecified atom stereocenters. The van der Waals surface area contributed by atoms with E-state index in [1.807, 2.05) is 0 Å². The second-order valence-corrected chi connectivity index (χ2v) is 5.08. The highest BCUT2D eigenvalue weighted by molar-refractivity contribution is 4.94. The molecular formula is C13H27NO. The van der Waals surface area contributed by atoms with Crippen LogP contribution in [0.4, 0.5) is 0 Å². The molecule has 0 aromatic rings. The monoisotopic (exact) mass is 213 g/mol. The molecule has 0 aromatic heterocycles. The van der Waals surface area contributed by atoms with E-state index in [4.69, 9.17) is 4.74 Å². The van der Waals surface area contributed by atoms with Gasteiger partial charge in [0.05, 0.1) is 5.60 Å². The van der Waals surface area contributed by atoms with Crippen molar-refractivity contribution in [1.82, 2.24) is 5.32 Å². The first-order valence-corrected chi connectivity index (χ1v) is 6.51. The van der Waals surface area contributed by atoms with E-state index >= 15 is 0 Å². The Hall–Kier alpha value is -0.0800. The van der Waals surface area contributed by atoms with Gasteiger partial charge in [0.25, 0.3) is 0 Å². The number of ether oxygens (including phenoxy) is 1. The molecule has 1 saturated heterocycles. The maximum absolute atomic E-state index is 5.96. The fraction of sp³-hybridized carbons (Fsp3) is 1.00. The second kappa shape index (κ2) is 5.86. The van der Waals surface area contributed by atoms with Gasteiger partial charge >= 0.3 is 0 Å². The Morgan fingerprint density at radius 3 is 2.60 bits per heavy atom. The lowest BCUT2D eigenvalue weighted by Gasteiger charge is -2.38. The largest absolute Gasteiger partial charge is 0.374 e. The van der Waals surface area contributed by atoms with Crippen LogP contribution in [0.15, 0.2) is 0 Å². The SMILES string of the molecule is CCCNC(C(C)CC)C1(C)CCCO1.